The highest BCUT2D eigenvalue weighted by Crippen LogP contribution is 2.24. The lowest BCUT2D eigenvalue weighted by molar-refractivity contribution is 0.0692. The molecular weight excluding hydrogens is 256 g/mol. The van der Waals surface area contributed by atoms with Gasteiger partial charge in [-0.25, -0.2) is 9.78 Å². The van der Waals surface area contributed by atoms with Crippen LogP contribution in [0.1, 0.15) is 27.6 Å². The Morgan fingerprint density at radius 1 is 1.10 bits per heavy atom. The summed E-state index contributed by atoms with van der Waals surface area (Å²) in [6.45, 7) is 1.36. The predicted molar refractivity (Wildman–Crippen MR) is 76.2 cm³/mol. The van der Waals surface area contributed by atoms with Crippen LogP contribution in [0.2, 0.25) is 0 Å². The minimum Gasteiger partial charge on any atom is -0.478 e. The van der Waals surface area contributed by atoms with E-state index >= 15 is 0 Å². The third-order valence-corrected chi connectivity index (χ3v) is 2.98. The van der Waals surface area contributed by atoms with Gasteiger partial charge in [0.05, 0.1) is 5.56 Å². The van der Waals surface area contributed by atoms with Gasteiger partial charge in [0, 0.05) is 18.8 Å². The molecule has 2 N–H and O–H groups in total. The van der Waals surface area contributed by atoms with Crippen molar-refractivity contribution in [3.8, 4) is 11.1 Å². The summed E-state index contributed by atoms with van der Waals surface area (Å²) < 4.78 is 0. The average Bonchev–Trinajstić information content (AvgIpc) is 2.46. The molecule has 0 fully saturated rings. The van der Waals surface area contributed by atoms with Gasteiger partial charge in [-0.2, -0.15) is 0 Å². The van der Waals surface area contributed by atoms with Crippen LogP contribution in [0.25, 0.3) is 11.1 Å². The van der Waals surface area contributed by atoms with Crippen molar-refractivity contribution in [2.75, 3.05) is 12.4 Å². The summed E-state index contributed by atoms with van der Waals surface area (Å²) in [6, 6.07) is 8.37. The number of carboxylic acid groups (broad SMARTS) is 1. The number of anilines is 1. The Morgan fingerprint density at radius 2 is 1.80 bits per heavy atom. The molecule has 0 unspecified atom stereocenters. The molecule has 0 spiro atoms. The smallest absolute Gasteiger partial charge is 0.336 e. The van der Waals surface area contributed by atoms with Gasteiger partial charge in [-0.15, -0.1) is 0 Å². The number of ketones is 1. The van der Waals surface area contributed by atoms with Crippen molar-refractivity contribution in [1.29, 1.82) is 0 Å². The van der Waals surface area contributed by atoms with Gasteiger partial charge in [0.2, 0.25) is 0 Å². The van der Waals surface area contributed by atoms with E-state index < -0.39 is 5.97 Å². The largest absolute Gasteiger partial charge is 0.478 e. The Balaban J connectivity index is 2.55. The first-order valence-electron chi connectivity index (χ1n) is 6.05. The molecule has 0 radical (unpaired) electrons. The number of pyridine rings is 1. The fourth-order valence-electron chi connectivity index (χ4n) is 1.95. The van der Waals surface area contributed by atoms with E-state index in [0.717, 1.165) is 11.1 Å². The maximum Gasteiger partial charge on any atom is 0.336 e. The van der Waals surface area contributed by atoms with Crippen LogP contribution < -0.4 is 5.32 Å². The highest BCUT2D eigenvalue weighted by molar-refractivity contribution is 6.05. The second-order valence-corrected chi connectivity index (χ2v) is 4.30. The molecule has 5 heteroatoms. The highest BCUT2D eigenvalue weighted by atomic mass is 16.4. The molecule has 20 heavy (non-hydrogen) atoms. The van der Waals surface area contributed by atoms with Gasteiger partial charge in [0.1, 0.15) is 5.82 Å². The molecule has 0 aliphatic rings. The Bertz CT molecular complexity index is 681. The molecule has 0 bridgehead atoms. The molecule has 0 amide bonds. The summed E-state index contributed by atoms with van der Waals surface area (Å²) in [5.41, 5.74) is 1.87. The van der Waals surface area contributed by atoms with E-state index in [1.165, 1.54) is 13.0 Å². The minimum atomic E-state index is -1.10. The Kier molecular flexibility index (Phi) is 3.79. The van der Waals surface area contributed by atoms with Gasteiger partial charge < -0.3 is 10.4 Å². The van der Waals surface area contributed by atoms with Crippen molar-refractivity contribution >= 4 is 17.6 Å². The van der Waals surface area contributed by atoms with Gasteiger partial charge in [0.25, 0.3) is 0 Å². The standard InChI is InChI=1S/C15H14N2O3/c1-9(18)13-7-10(3-4-12(13)15(19)20)11-5-6-17-14(8-11)16-2/h3-8H,1-2H3,(H,16,17)(H,19,20). The van der Waals surface area contributed by atoms with Crippen molar-refractivity contribution < 1.29 is 14.7 Å². The van der Waals surface area contributed by atoms with Gasteiger partial charge in [-0.1, -0.05) is 6.07 Å². The quantitative estimate of drug-likeness (QED) is 0.835. The zero-order valence-corrected chi connectivity index (χ0v) is 11.2. The SMILES string of the molecule is CNc1cc(-c2ccc(C(=O)O)c(C(C)=O)c2)ccn1. The zero-order valence-electron chi connectivity index (χ0n) is 11.2. The summed E-state index contributed by atoms with van der Waals surface area (Å²) in [4.78, 5) is 26.8. The number of nitrogens with one attached hydrogen (secondary N) is 1. The van der Waals surface area contributed by atoms with E-state index in [-0.39, 0.29) is 16.9 Å². The molecule has 0 atom stereocenters. The van der Waals surface area contributed by atoms with E-state index in [1.807, 2.05) is 6.07 Å². The normalized spacial score (nSPS) is 10.1. The van der Waals surface area contributed by atoms with Crippen LogP contribution in [0.4, 0.5) is 5.82 Å². The molecule has 0 saturated carbocycles. The topological polar surface area (TPSA) is 79.3 Å². The highest BCUT2D eigenvalue weighted by Gasteiger charge is 2.14. The lowest BCUT2D eigenvalue weighted by atomic mass is 9.97. The second-order valence-electron chi connectivity index (χ2n) is 4.30. The number of benzene rings is 1. The van der Waals surface area contributed by atoms with E-state index in [1.54, 1.807) is 31.4 Å². The van der Waals surface area contributed by atoms with E-state index in [2.05, 4.69) is 10.3 Å². The van der Waals surface area contributed by atoms with Crippen LogP contribution >= 0.6 is 0 Å². The second kappa shape index (κ2) is 5.52. The predicted octanol–water partition coefficient (Wildman–Crippen LogP) is 2.69. The fraction of sp³-hybridized carbons (Fsp3) is 0.133. The molecule has 1 aromatic carbocycles. The molecule has 2 aromatic rings. The number of aromatic nitrogens is 1. The number of nitrogens with zero attached hydrogens (tertiary/aromatic N) is 1. The van der Waals surface area contributed by atoms with Gasteiger partial charge in [0.15, 0.2) is 5.78 Å². The zero-order chi connectivity index (χ0) is 14.7. The molecule has 5 nitrogen and oxygen atoms in total. The number of carboxylic acids is 1. The summed E-state index contributed by atoms with van der Waals surface area (Å²) in [6.07, 6.45) is 1.65. The number of carbonyl (C=O) groups is 2. The number of aromatic carboxylic acids is 1. The Morgan fingerprint density at radius 3 is 2.40 bits per heavy atom. The van der Waals surface area contributed by atoms with Crippen LogP contribution in [0.3, 0.4) is 0 Å². The van der Waals surface area contributed by atoms with Crippen LogP contribution in [-0.2, 0) is 0 Å². The first-order chi connectivity index (χ1) is 9.52. The van der Waals surface area contributed by atoms with Crippen molar-refractivity contribution in [3.05, 3.63) is 47.7 Å². The molecule has 0 saturated heterocycles. The first kappa shape index (κ1) is 13.7. The molecule has 0 aliphatic heterocycles. The van der Waals surface area contributed by atoms with Crippen molar-refractivity contribution in [3.63, 3.8) is 0 Å². The molecule has 2 rings (SSSR count). The van der Waals surface area contributed by atoms with Crippen LogP contribution in [0, 0.1) is 0 Å². The fourth-order valence-corrected chi connectivity index (χ4v) is 1.95. The maximum absolute atomic E-state index is 11.6. The Labute approximate surface area is 116 Å². The molecule has 1 aromatic heterocycles. The van der Waals surface area contributed by atoms with Gasteiger partial charge >= 0.3 is 5.97 Å². The first-order valence-corrected chi connectivity index (χ1v) is 6.05. The number of hydrogen-bond donors (Lipinski definition) is 2. The van der Waals surface area contributed by atoms with E-state index in [0.29, 0.717) is 5.82 Å². The lowest BCUT2D eigenvalue weighted by Gasteiger charge is -2.08. The summed E-state index contributed by atoms with van der Waals surface area (Å²) in [5.74, 6) is -0.672. The maximum atomic E-state index is 11.6. The summed E-state index contributed by atoms with van der Waals surface area (Å²) >= 11 is 0. The summed E-state index contributed by atoms with van der Waals surface area (Å²) in [7, 11) is 1.76. The molecule has 102 valence electrons. The van der Waals surface area contributed by atoms with Crippen molar-refractivity contribution in [2.45, 2.75) is 6.92 Å². The lowest BCUT2D eigenvalue weighted by Crippen LogP contribution is -2.06. The van der Waals surface area contributed by atoms with E-state index in [4.69, 9.17) is 5.11 Å². The average molecular weight is 270 g/mol. The van der Waals surface area contributed by atoms with Crippen LogP contribution in [-0.4, -0.2) is 28.9 Å². The number of rotatable bonds is 4. The number of carbonyl (C=O) groups excluding carboxylic acids is 1. The number of Topliss-reactive ketones (excluding diaryl/α,β-unsaturated/α-hetero) is 1. The monoisotopic (exact) mass is 270 g/mol. The third kappa shape index (κ3) is 2.66. The third-order valence-electron chi connectivity index (χ3n) is 2.98. The summed E-state index contributed by atoms with van der Waals surface area (Å²) in [5, 5.41) is 12.0. The molecule has 0 aliphatic carbocycles. The number of hydrogen-bond acceptors (Lipinski definition) is 4. The van der Waals surface area contributed by atoms with Gasteiger partial charge in [-0.3, -0.25) is 4.79 Å². The Hall–Kier alpha value is -2.69. The molecular formula is C15H14N2O3. The molecule has 1 heterocycles. The van der Waals surface area contributed by atoms with Crippen LogP contribution in [0.5, 0.6) is 0 Å². The van der Waals surface area contributed by atoms with E-state index in [9.17, 15) is 9.59 Å². The van der Waals surface area contributed by atoms with Crippen LogP contribution in [0.15, 0.2) is 36.5 Å². The van der Waals surface area contributed by atoms with Crippen molar-refractivity contribution in [2.24, 2.45) is 0 Å². The van der Waals surface area contributed by atoms with Crippen molar-refractivity contribution in [1.82, 2.24) is 4.98 Å². The minimum absolute atomic E-state index is 0.0177. The van der Waals surface area contributed by atoms with Gasteiger partial charge in [-0.05, 0) is 42.3 Å².